The average Bonchev–Trinajstić information content (AvgIpc) is 2.26. The van der Waals surface area contributed by atoms with Gasteiger partial charge in [0.2, 0.25) is 10.0 Å². The summed E-state index contributed by atoms with van der Waals surface area (Å²) in [5, 5.41) is 5.10. The van der Waals surface area contributed by atoms with E-state index in [-0.39, 0.29) is 10.5 Å². The molecule has 0 saturated carbocycles. The molecule has 98 valence electrons. The van der Waals surface area contributed by atoms with E-state index in [0.717, 1.165) is 5.56 Å². The Kier molecular flexibility index (Phi) is 4.26. The predicted molar refractivity (Wildman–Crippen MR) is 69.7 cm³/mol. The Labute approximate surface area is 107 Å². The van der Waals surface area contributed by atoms with E-state index in [2.05, 4.69) is 6.58 Å². The van der Waals surface area contributed by atoms with Crippen molar-refractivity contribution in [3.05, 3.63) is 42.0 Å². The molecule has 0 aliphatic carbocycles. The maximum atomic E-state index is 12.1. The predicted octanol–water partition coefficient (Wildman–Crippen LogP) is 0.900. The first-order chi connectivity index (χ1) is 8.27. The number of sulfonamides is 1. The van der Waals surface area contributed by atoms with Gasteiger partial charge in [0.15, 0.2) is 0 Å². The lowest BCUT2D eigenvalue weighted by Gasteiger charge is -2.17. The maximum Gasteiger partial charge on any atom is 0.255 e. The smallest absolute Gasteiger partial charge is 0.255 e. The third kappa shape index (κ3) is 3.18. The SMILES string of the molecule is C=CCN(C)C(=O)c1cc(C)ccc1S(N)(=O)=O. The minimum atomic E-state index is -3.92. The first-order valence-electron chi connectivity index (χ1n) is 5.27. The molecule has 1 aromatic rings. The van der Waals surface area contributed by atoms with Crippen LogP contribution in [-0.4, -0.2) is 32.8 Å². The van der Waals surface area contributed by atoms with Gasteiger partial charge < -0.3 is 4.90 Å². The fourth-order valence-electron chi connectivity index (χ4n) is 1.54. The van der Waals surface area contributed by atoms with Crippen molar-refractivity contribution in [3.63, 3.8) is 0 Å². The quantitative estimate of drug-likeness (QED) is 0.824. The van der Waals surface area contributed by atoms with E-state index in [1.807, 2.05) is 0 Å². The summed E-state index contributed by atoms with van der Waals surface area (Å²) in [6, 6.07) is 4.46. The highest BCUT2D eigenvalue weighted by Crippen LogP contribution is 2.17. The number of rotatable bonds is 4. The summed E-state index contributed by atoms with van der Waals surface area (Å²) in [5.41, 5.74) is 0.875. The van der Waals surface area contributed by atoms with E-state index in [1.54, 1.807) is 26.1 Å². The van der Waals surface area contributed by atoms with Crippen LogP contribution in [0.5, 0.6) is 0 Å². The van der Waals surface area contributed by atoms with Gasteiger partial charge in [-0.15, -0.1) is 6.58 Å². The largest absolute Gasteiger partial charge is 0.338 e. The third-order valence-corrected chi connectivity index (χ3v) is 3.39. The molecule has 0 aliphatic heterocycles. The summed E-state index contributed by atoms with van der Waals surface area (Å²) >= 11 is 0. The van der Waals surface area contributed by atoms with Crippen LogP contribution in [0.2, 0.25) is 0 Å². The molecular formula is C12H16N2O3S. The number of hydrogen-bond donors (Lipinski definition) is 1. The number of carbonyl (C=O) groups excluding carboxylic acids is 1. The van der Waals surface area contributed by atoms with Gasteiger partial charge in [-0.1, -0.05) is 17.7 Å². The van der Waals surface area contributed by atoms with Crippen LogP contribution in [-0.2, 0) is 10.0 Å². The highest BCUT2D eigenvalue weighted by atomic mass is 32.2. The highest BCUT2D eigenvalue weighted by Gasteiger charge is 2.21. The van der Waals surface area contributed by atoms with Crippen LogP contribution in [0.4, 0.5) is 0 Å². The summed E-state index contributed by atoms with van der Waals surface area (Å²) in [4.78, 5) is 13.3. The van der Waals surface area contributed by atoms with Gasteiger partial charge in [0.25, 0.3) is 5.91 Å². The van der Waals surface area contributed by atoms with Gasteiger partial charge in [0, 0.05) is 13.6 Å². The Morgan fingerprint density at radius 2 is 2.11 bits per heavy atom. The fraction of sp³-hybridized carbons (Fsp3) is 0.250. The zero-order chi connectivity index (χ0) is 13.9. The van der Waals surface area contributed by atoms with E-state index in [0.29, 0.717) is 6.54 Å². The number of benzene rings is 1. The molecule has 1 rings (SSSR count). The lowest BCUT2D eigenvalue weighted by molar-refractivity contribution is 0.0806. The van der Waals surface area contributed by atoms with Gasteiger partial charge in [-0.05, 0) is 19.1 Å². The molecule has 5 nitrogen and oxygen atoms in total. The van der Waals surface area contributed by atoms with Crippen LogP contribution in [0.25, 0.3) is 0 Å². The first-order valence-corrected chi connectivity index (χ1v) is 6.82. The monoisotopic (exact) mass is 268 g/mol. The second-order valence-electron chi connectivity index (χ2n) is 4.02. The van der Waals surface area contributed by atoms with Crippen molar-refractivity contribution in [3.8, 4) is 0 Å². The van der Waals surface area contributed by atoms with E-state index in [1.165, 1.54) is 17.0 Å². The second kappa shape index (κ2) is 5.32. The Morgan fingerprint density at radius 3 is 2.61 bits per heavy atom. The number of nitrogens with zero attached hydrogens (tertiary/aromatic N) is 1. The minimum Gasteiger partial charge on any atom is -0.338 e. The Morgan fingerprint density at radius 1 is 1.50 bits per heavy atom. The van der Waals surface area contributed by atoms with Crippen LogP contribution in [0.3, 0.4) is 0 Å². The second-order valence-corrected chi connectivity index (χ2v) is 5.55. The summed E-state index contributed by atoms with van der Waals surface area (Å²) in [5.74, 6) is -0.400. The molecule has 1 aromatic carbocycles. The van der Waals surface area contributed by atoms with Crippen molar-refractivity contribution in [1.29, 1.82) is 0 Å². The Balaban J connectivity index is 3.34. The van der Waals surface area contributed by atoms with Gasteiger partial charge in [-0.2, -0.15) is 0 Å². The molecule has 0 heterocycles. The number of amides is 1. The number of carbonyl (C=O) groups is 1. The van der Waals surface area contributed by atoms with Crippen LogP contribution in [0.15, 0.2) is 35.7 Å². The third-order valence-electron chi connectivity index (χ3n) is 2.42. The fourth-order valence-corrected chi connectivity index (χ4v) is 2.25. The minimum absolute atomic E-state index is 0.0850. The van der Waals surface area contributed by atoms with Crippen LogP contribution < -0.4 is 5.14 Å². The molecule has 0 aliphatic rings. The normalized spacial score (nSPS) is 11.1. The lowest BCUT2D eigenvalue weighted by Crippen LogP contribution is -2.29. The first kappa shape index (κ1) is 14.4. The van der Waals surface area contributed by atoms with Crippen LogP contribution in [0, 0.1) is 6.92 Å². The zero-order valence-electron chi connectivity index (χ0n) is 10.4. The number of likely N-dealkylation sites (N-methyl/N-ethyl adjacent to an activating group) is 1. The van der Waals surface area contributed by atoms with Crippen LogP contribution in [0.1, 0.15) is 15.9 Å². The van der Waals surface area contributed by atoms with Crippen molar-refractivity contribution < 1.29 is 13.2 Å². The zero-order valence-corrected chi connectivity index (χ0v) is 11.2. The molecule has 0 unspecified atom stereocenters. The molecule has 0 radical (unpaired) electrons. The Bertz CT molecular complexity index is 579. The summed E-state index contributed by atoms with van der Waals surface area (Å²) in [6.45, 7) is 5.63. The van der Waals surface area contributed by atoms with Crippen molar-refractivity contribution in [1.82, 2.24) is 4.90 Å². The van der Waals surface area contributed by atoms with Gasteiger partial charge >= 0.3 is 0 Å². The van der Waals surface area contributed by atoms with Gasteiger partial charge in [0.05, 0.1) is 10.5 Å². The molecule has 0 bridgehead atoms. The molecule has 0 fully saturated rings. The highest BCUT2D eigenvalue weighted by molar-refractivity contribution is 7.89. The van der Waals surface area contributed by atoms with E-state index >= 15 is 0 Å². The topological polar surface area (TPSA) is 80.5 Å². The van der Waals surface area contributed by atoms with Gasteiger partial charge in [0.1, 0.15) is 0 Å². The molecule has 0 saturated heterocycles. The summed E-state index contributed by atoms with van der Waals surface area (Å²) in [6.07, 6.45) is 1.56. The van der Waals surface area contributed by atoms with Gasteiger partial charge in [-0.3, -0.25) is 4.79 Å². The van der Waals surface area contributed by atoms with Crippen molar-refractivity contribution in [2.45, 2.75) is 11.8 Å². The summed E-state index contributed by atoms with van der Waals surface area (Å²) < 4.78 is 22.9. The molecular weight excluding hydrogens is 252 g/mol. The van der Waals surface area contributed by atoms with Crippen molar-refractivity contribution in [2.24, 2.45) is 5.14 Å². The van der Waals surface area contributed by atoms with Gasteiger partial charge in [-0.25, -0.2) is 13.6 Å². The molecule has 18 heavy (non-hydrogen) atoms. The number of nitrogens with two attached hydrogens (primary N) is 1. The molecule has 6 heteroatoms. The lowest BCUT2D eigenvalue weighted by atomic mass is 10.1. The number of hydrogen-bond acceptors (Lipinski definition) is 3. The maximum absolute atomic E-state index is 12.1. The average molecular weight is 268 g/mol. The molecule has 1 amide bonds. The number of aryl methyl sites for hydroxylation is 1. The summed E-state index contributed by atoms with van der Waals surface area (Å²) in [7, 11) is -2.35. The van der Waals surface area contributed by atoms with E-state index < -0.39 is 15.9 Å². The molecule has 0 spiro atoms. The Hall–Kier alpha value is -1.66. The number of primary sulfonamides is 1. The van der Waals surface area contributed by atoms with E-state index in [9.17, 15) is 13.2 Å². The molecule has 0 atom stereocenters. The van der Waals surface area contributed by atoms with Crippen molar-refractivity contribution in [2.75, 3.05) is 13.6 Å². The van der Waals surface area contributed by atoms with Crippen molar-refractivity contribution >= 4 is 15.9 Å². The van der Waals surface area contributed by atoms with Crippen LogP contribution >= 0.6 is 0 Å². The molecule has 2 N–H and O–H groups in total. The van der Waals surface area contributed by atoms with E-state index in [4.69, 9.17) is 5.14 Å². The molecule has 0 aromatic heterocycles. The standard InChI is InChI=1S/C12H16N2O3S/c1-4-7-14(3)12(15)10-8-9(2)5-6-11(10)18(13,16)17/h4-6,8H,1,7H2,2-3H3,(H2,13,16,17).